The van der Waals surface area contributed by atoms with E-state index < -0.39 is 5.60 Å². The molecule has 0 fully saturated rings. The van der Waals surface area contributed by atoms with E-state index in [1.165, 1.54) is 17.7 Å². The van der Waals surface area contributed by atoms with E-state index in [1.807, 2.05) is 13.0 Å². The highest BCUT2D eigenvalue weighted by atomic mass is 19.1. The van der Waals surface area contributed by atoms with E-state index in [0.717, 1.165) is 23.0 Å². The molecule has 3 rings (SSSR count). The summed E-state index contributed by atoms with van der Waals surface area (Å²) in [5, 5.41) is 0. The predicted molar refractivity (Wildman–Crippen MR) is 78.4 cm³/mol. The zero-order valence-corrected chi connectivity index (χ0v) is 11.9. The van der Waals surface area contributed by atoms with Crippen LogP contribution in [0.2, 0.25) is 0 Å². The van der Waals surface area contributed by atoms with Gasteiger partial charge in [0.25, 0.3) is 0 Å². The van der Waals surface area contributed by atoms with Crippen LogP contribution in [0.15, 0.2) is 42.5 Å². The van der Waals surface area contributed by atoms with E-state index in [2.05, 4.69) is 12.1 Å². The molecule has 2 aromatic carbocycles. The Labute approximate surface area is 123 Å². The van der Waals surface area contributed by atoms with Gasteiger partial charge in [-0.25, -0.2) is 4.39 Å². The maximum absolute atomic E-state index is 13.2. The van der Waals surface area contributed by atoms with Crippen molar-refractivity contribution in [2.24, 2.45) is 0 Å². The van der Waals surface area contributed by atoms with Crippen LogP contribution in [-0.4, -0.2) is 6.29 Å². The van der Waals surface area contributed by atoms with Gasteiger partial charge in [-0.1, -0.05) is 35.9 Å². The molecular weight excluding hydrogens is 267 g/mol. The molecule has 0 spiro atoms. The Morgan fingerprint density at radius 1 is 1.24 bits per heavy atom. The van der Waals surface area contributed by atoms with Crippen molar-refractivity contribution < 1.29 is 13.9 Å². The number of fused-ring (bicyclic) bond motifs is 1. The average molecular weight is 284 g/mol. The van der Waals surface area contributed by atoms with E-state index >= 15 is 0 Å². The van der Waals surface area contributed by atoms with Crippen LogP contribution in [0, 0.1) is 12.7 Å². The largest absolute Gasteiger partial charge is 0.361 e. The van der Waals surface area contributed by atoms with Gasteiger partial charge in [-0.15, -0.1) is 0 Å². The Morgan fingerprint density at radius 2 is 2.00 bits per heavy atom. The van der Waals surface area contributed by atoms with Gasteiger partial charge in [0, 0.05) is 6.42 Å². The summed E-state index contributed by atoms with van der Waals surface area (Å²) in [6, 6.07) is 12.6. The Balaban J connectivity index is 2.12. The van der Waals surface area contributed by atoms with Gasteiger partial charge in [-0.3, -0.25) is 0 Å². The highest BCUT2D eigenvalue weighted by molar-refractivity contribution is 5.52. The van der Waals surface area contributed by atoms with E-state index in [0.29, 0.717) is 19.4 Å². The van der Waals surface area contributed by atoms with Crippen molar-refractivity contribution in [3.8, 4) is 0 Å². The highest BCUT2D eigenvalue weighted by Gasteiger charge is 2.41. The quantitative estimate of drug-likeness (QED) is 0.796. The van der Waals surface area contributed by atoms with Crippen LogP contribution in [0.1, 0.15) is 35.1 Å². The zero-order chi connectivity index (χ0) is 14.9. The normalized spacial score (nSPS) is 20.3. The first-order valence-electron chi connectivity index (χ1n) is 7.09. The number of rotatable bonds is 4. The standard InChI is InChI=1S/C18H17FO2/c1-13-3-8-17-14(11-13)12-21-18(17,9-2-10-20)15-4-6-16(19)7-5-15/h3-8,10-11H,2,9,12H2,1H3. The van der Waals surface area contributed by atoms with Gasteiger partial charge < -0.3 is 9.53 Å². The van der Waals surface area contributed by atoms with Gasteiger partial charge in [-0.2, -0.15) is 0 Å². The molecule has 0 radical (unpaired) electrons. The number of hydrogen-bond donors (Lipinski definition) is 0. The minimum atomic E-state index is -0.641. The van der Waals surface area contributed by atoms with E-state index in [-0.39, 0.29) is 5.82 Å². The number of aldehydes is 1. The Morgan fingerprint density at radius 3 is 2.71 bits per heavy atom. The van der Waals surface area contributed by atoms with Crippen molar-refractivity contribution >= 4 is 6.29 Å². The van der Waals surface area contributed by atoms with Crippen molar-refractivity contribution in [3.63, 3.8) is 0 Å². The summed E-state index contributed by atoms with van der Waals surface area (Å²) < 4.78 is 19.3. The molecule has 0 N–H and O–H groups in total. The SMILES string of the molecule is Cc1ccc2c(c1)COC2(CCC=O)c1ccc(F)cc1. The lowest BCUT2D eigenvalue weighted by Crippen LogP contribution is -2.27. The molecule has 0 aromatic heterocycles. The lowest BCUT2D eigenvalue weighted by molar-refractivity contribution is -0.109. The molecule has 1 atom stereocenters. The van der Waals surface area contributed by atoms with Gasteiger partial charge in [0.1, 0.15) is 17.7 Å². The summed E-state index contributed by atoms with van der Waals surface area (Å²) in [5.41, 5.74) is 3.67. The number of aryl methyl sites for hydroxylation is 1. The number of carbonyl (C=O) groups excluding carboxylic acids is 1. The summed E-state index contributed by atoms with van der Waals surface area (Å²) in [4.78, 5) is 10.8. The van der Waals surface area contributed by atoms with Crippen LogP contribution < -0.4 is 0 Å². The predicted octanol–water partition coefficient (Wildman–Crippen LogP) is 3.89. The van der Waals surface area contributed by atoms with E-state index in [4.69, 9.17) is 4.74 Å². The van der Waals surface area contributed by atoms with Crippen LogP contribution in [0.4, 0.5) is 4.39 Å². The van der Waals surface area contributed by atoms with Gasteiger partial charge in [0.05, 0.1) is 6.61 Å². The first kappa shape index (κ1) is 14.0. The van der Waals surface area contributed by atoms with Crippen LogP contribution in [0.25, 0.3) is 0 Å². The molecule has 3 heteroatoms. The van der Waals surface area contributed by atoms with Crippen LogP contribution in [0.5, 0.6) is 0 Å². The lowest BCUT2D eigenvalue weighted by atomic mass is 9.82. The molecule has 1 aliphatic heterocycles. The highest BCUT2D eigenvalue weighted by Crippen LogP contribution is 2.45. The van der Waals surface area contributed by atoms with Crippen LogP contribution in [-0.2, 0) is 21.7 Å². The van der Waals surface area contributed by atoms with Gasteiger partial charge >= 0.3 is 0 Å². The second-order valence-corrected chi connectivity index (χ2v) is 5.49. The maximum atomic E-state index is 13.2. The van der Waals surface area contributed by atoms with Gasteiger partial charge in [-0.05, 0) is 42.2 Å². The van der Waals surface area contributed by atoms with Crippen molar-refractivity contribution in [2.45, 2.75) is 32.0 Å². The van der Waals surface area contributed by atoms with Crippen molar-refractivity contribution in [2.75, 3.05) is 0 Å². The fourth-order valence-electron chi connectivity index (χ4n) is 3.09. The van der Waals surface area contributed by atoms with Gasteiger partial charge in [0.2, 0.25) is 0 Å². The first-order chi connectivity index (χ1) is 10.2. The number of benzene rings is 2. The third-order valence-electron chi connectivity index (χ3n) is 4.09. The molecule has 0 aliphatic carbocycles. The summed E-state index contributed by atoms with van der Waals surface area (Å²) >= 11 is 0. The molecule has 21 heavy (non-hydrogen) atoms. The summed E-state index contributed by atoms with van der Waals surface area (Å²) in [6.45, 7) is 2.57. The lowest BCUT2D eigenvalue weighted by Gasteiger charge is -2.30. The minimum Gasteiger partial charge on any atom is -0.361 e. The fourth-order valence-corrected chi connectivity index (χ4v) is 3.09. The molecule has 1 heterocycles. The van der Waals surface area contributed by atoms with Crippen molar-refractivity contribution in [3.05, 3.63) is 70.5 Å². The number of ether oxygens (including phenoxy) is 1. The summed E-state index contributed by atoms with van der Waals surface area (Å²) in [7, 11) is 0. The van der Waals surface area contributed by atoms with E-state index in [9.17, 15) is 9.18 Å². The van der Waals surface area contributed by atoms with Crippen molar-refractivity contribution in [1.82, 2.24) is 0 Å². The monoisotopic (exact) mass is 284 g/mol. The molecule has 1 aliphatic rings. The molecule has 0 bridgehead atoms. The second-order valence-electron chi connectivity index (χ2n) is 5.49. The molecule has 1 unspecified atom stereocenters. The molecule has 0 amide bonds. The third kappa shape index (κ3) is 2.38. The smallest absolute Gasteiger partial charge is 0.123 e. The molecular formula is C18H17FO2. The number of halogens is 1. The average Bonchev–Trinajstić information content (AvgIpc) is 2.85. The molecule has 2 aromatic rings. The second kappa shape index (κ2) is 5.41. The minimum absolute atomic E-state index is 0.272. The molecule has 0 saturated carbocycles. The molecule has 0 saturated heterocycles. The Bertz CT molecular complexity index is 663. The topological polar surface area (TPSA) is 26.3 Å². The number of carbonyl (C=O) groups is 1. The van der Waals surface area contributed by atoms with Crippen LogP contribution >= 0.6 is 0 Å². The maximum Gasteiger partial charge on any atom is 0.123 e. The molecule has 108 valence electrons. The summed E-state index contributed by atoms with van der Waals surface area (Å²) in [5.74, 6) is -0.272. The third-order valence-corrected chi connectivity index (χ3v) is 4.09. The van der Waals surface area contributed by atoms with E-state index in [1.54, 1.807) is 12.1 Å². The van der Waals surface area contributed by atoms with Gasteiger partial charge in [0.15, 0.2) is 0 Å². The first-order valence-corrected chi connectivity index (χ1v) is 7.09. The fraction of sp³-hybridized carbons (Fsp3) is 0.278. The molecule has 2 nitrogen and oxygen atoms in total. The zero-order valence-electron chi connectivity index (χ0n) is 11.9. The Hall–Kier alpha value is -2.00. The summed E-state index contributed by atoms with van der Waals surface area (Å²) in [6.07, 6.45) is 1.88. The van der Waals surface area contributed by atoms with Crippen molar-refractivity contribution in [1.29, 1.82) is 0 Å². The Kier molecular flexibility index (Phi) is 3.60. The van der Waals surface area contributed by atoms with Crippen LogP contribution in [0.3, 0.4) is 0 Å². The number of hydrogen-bond acceptors (Lipinski definition) is 2.